The topological polar surface area (TPSA) is 0 Å². The van der Waals surface area contributed by atoms with Gasteiger partial charge in [0, 0.05) is 0 Å². The van der Waals surface area contributed by atoms with Crippen LogP contribution >= 0.6 is 0 Å². The van der Waals surface area contributed by atoms with Gasteiger partial charge in [-0.1, -0.05) is 46.5 Å². The minimum absolute atomic E-state index is 0.985. The van der Waals surface area contributed by atoms with Crippen molar-refractivity contribution in [2.45, 2.75) is 65.7 Å². The van der Waals surface area contributed by atoms with Crippen molar-refractivity contribution in [2.75, 3.05) is 0 Å². The fourth-order valence-electron chi connectivity index (χ4n) is 5.82. The van der Waals surface area contributed by atoms with Gasteiger partial charge >= 0.3 is 0 Å². The van der Waals surface area contributed by atoms with Crippen molar-refractivity contribution in [3.63, 3.8) is 0 Å². The molecule has 3 saturated carbocycles. The maximum Gasteiger partial charge on any atom is -0.0329 e. The third-order valence-corrected chi connectivity index (χ3v) is 6.90. The van der Waals surface area contributed by atoms with E-state index in [-0.39, 0.29) is 0 Å². The van der Waals surface area contributed by atoms with E-state index in [0.717, 1.165) is 41.4 Å². The molecule has 0 radical (unpaired) electrons. The second-order valence-electron chi connectivity index (χ2n) is 7.55. The molecule has 0 spiro atoms. The molecule has 17 heavy (non-hydrogen) atoms. The molecule has 0 amide bonds. The summed E-state index contributed by atoms with van der Waals surface area (Å²) in [5.74, 6) is 7.37. The molecule has 98 valence electrons. The molecule has 7 atom stereocenters. The van der Waals surface area contributed by atoms with E-state index < -0.39 is 0 Å². The van der Waals surface area contributed by atoms with E-state index in [1.807, 2.05) is 0 Å². The SMILES string of the molecule is CC1CCC2CC3CCCCC3C(C)C2C1C. The Morgan fingerprint density at radius 1 is 0.706 bits per heavy atom. The Kier molecular flexibility index (Phi) is 3.26. The summed E-state index contributed by atoms with van der Waals surface area (Å²) in [6, 6.07) is 0. The monoisotopic (exact) mass is 234 g/mol. The van der Waals surface area contributed by atoms with Crippen LogP contribution in [-0.4, -0.2) is 0 Å². The number of hydrogen-bond donors (Lipinski definition) is 0. The minimum Gasteiger partial charge on any atom is -0.0622 e. The summed E-state index contributed by atoms with van der Waals surface area (Å²) in [4.78, 5) is 0. The molecule has 0 aliphatic heterocycles. The summed E-state index contributed by atoms with van der Waals surface area (Å²) in [6.07, 6.45) is 10.8. The van der Waals surface area contributed by atoms with Crippen LogP contribution in [0.25, 0.3) is 0 Å². The van der Waals surface area contributed by atoms with E-state index in [2.05, 4.69) is 20.8 Å². The lowest BCUT2D eigenvalue weighted by atomic mass is 9.51. The number of hydrogen-bond acceptors (Lipinski definition) is 0. The van der Waals surface area contributed by atoms with E-state index in [1.165, 1.54) is 19.3 Å². The third-order valence-electron chi connectivity index (χ3n) is 6.90. The Balaban J connectivity index is 1.80. The van der Waals surface area contributed by atoms with Gasteiger partial charge in [0.15, 0.2) is 0 Å². The van der Waals surface area contributed by atoms with E-state index in [0.29, 0.717) is 0 Å². The standard InChI is InChI=1S/C17H30/c1-11-8-9-15-10-14-6-4-5-7-16(14)13(3)17(15)12(11)2/h11-17H,4-10H2,1-3H3. The van der Waals surface area contributed by atoms with Crippen molar-refractivity contribution in [1.29, 1.82) is 0 Å². The van der Waals surface area contributed by atoms with Gasteiger partial charge in [0.25, 0.3) is 0 Å². The Morgan fingerprint density at radius 3 is 2.29 bits per heavy atom. The molecular weight excluding hydrogens is 204 g/mol. The Labute approximate surface area is 108 Å². The molecule has 0 aromatic carbocycles. The lowest BCUT2D eigenvalue weighted by molar-refractivity contribution is -0.0453. The van der Waals surface area contributed by atoms with Crippen molar-refractivity contribution in [1.82, 2.24) is 0 Å². The fraction of sp³-hybridized carbons (Fsp3) is 1.00. The van der Waals surface area contributed by atoms with Gasteiger partial charge in [-0.25, -0.2) is 0 Å². The van der Waals surface area contributed by atoms with Crippen LogP contribution in [0.15, 0.2) is 0 Å². The van der Waals surface area contributed by atoms with Gasteiger partial charge < -0.3 is 0 Å². The summed E-state index contributed by atoms with van der Waals surface area (Å²) in [5.41, 5.74) is 0. The molecule has 7 unspecified atom stereocenters. The zero-order valence-electron chi connectivity index (χ0n) is 12.0. The summed E-state index contributed by atoms with van der Waals surface area (Å²) in [7, 11) is 0. The molecule has 0 saturated heterocycles. The molecule has 0 heterocycles. The van der Waals surface area contributed by atoms with Crippen LogP contribution in [0.1, 0.15) is 65.7 Å². The highest BCUT2D eigenvalue weighted by atomic mass is 14.5. The number of rotatable bonds is 0. The molecule has 3 fully saturated rings. The summed E-state index contributed by atoms with van der Waals surface area (Å²) in [5, 5.41) is 0. The first-order valence-corrected chi connectivity index (χ1v) is 8.18. The summed E-state index contributed by atoms with van der Waals surface area (Å²) < 4.78 is 0. The second-order valence-corrected chi connectivity index (χ2v) is 7.55. The first-order chi connectivity index (χ1) is 8.18. The molecule has 3 rings (SSSR count). The maximum absolute atomic E-state index is 2.61. The van der Waals surface area contributed by atoms with Crippen LogP contribution in [0.5, 0.6) is 0 Å². The van der Waals surface area contributed by atoms with Crippen molar-refractivity contribution >= 4 is 0 Å². The first kappa shape index (κ1) is 12.1. The Bertz CT molecular complexity index is 269. The van der Waals surface area contributed by atoms with Crippen LogP contribution < -0.4 is 0 Å². The largest absolute Gasteiger partial charge is 0.0622 e. The van der Waals surface area contributed by atoms with Crippen LogP contribution in [0.2, 0.25) is 0 Å². The average Bonchev–Trinajstić information content (AvgIpc) is 2.34. The zero-order chi connectivity index (χ0) is 12.0. The summed E-state index contributed by atoms with van der Waals surface area (Å²) in [6.45, 7) is 7.66. The molecule has 0 heteroatoms. The first-order valence-electron chi connectivity index (χ1n) is 8.18. The smallest absolute Gasteiger partial charge is 0.0329 e. The highest BCUT2D eigenvalue weighted by Crippen LogP contribution is 2.55. The van der Waals surface area contributed by atoms with Gasteiger partial charge in [-0.2, -0.15) is 0 Å². The van der Waals surface area contributed by atoms with Crippen molar-refractivity contribution < 1.29 is 0 Å². The molecular formula is C17H30. The maximum atomic E-state index is 2.61. The molecule has 0 aromatic rings. The van der Waals surface area contributed by atoms with Crippen LogP contribution in [-0.2, 0) is 0 Å². The molecule has 3 aliphatic rings. The fourth-order valence-corrected chi connectivity index (χ4v) is 5.82. The molecule has 0 aromatic heterocycles. The van der Waals surface area contributed by atoms with Gasteiger partial charge in [0.05, 0.1) is 0 Å². The van der Waals surface area contributed by atoms with Gasteiger partial charge in [0.2, 0.25) is 0 Å². The van der Waals surface area contributed by atoms with E-state index in [4.69, 9.17) is 0 Å². The van der Waals surface area contributed by atoms with E-state index >= 15 is 0 Å². The van der Waals surface area contributed by atoms with Gasteiger partial charge in [-0.05, 0) is 60.7 Å². The predicted octanol–water partition coefficient (Wildman–Crippen LogP) is 5.13. The zero-order valence-corrected chi connectivity index (χ0v) is 12.0. The minimum atomic E-state index is 0.985. The molecule has 3 aliphatic carbocycles. The molecule has 0 nitrogen and oxygen atoms in total. The van der Waals surface area contributed by atoms with E-state index in [9.17, 15) is 0 Å². The lowest BCUT2D eigenvalue weighted by Crippen LogP contribution is -2.46. The summed E-state index contributed by atoms with van der Waals surface area (Å²) >= 11 is 0. The normalized spacial score (nSPS) is 54.9. The lowest BCUT2D eigenvalue weighted by Gasteiger charge is -2.54. The Hall–Kier alpha value is 0. The van der Waals surface area contributed by atoms with Gasteiger partial charge in [-0.15, -0.1) is 0 Å². The van der Waals surface area contributed by atoms with Gasteiger partial charge in [-0.3, -0.25) is 0 Å². The molecule has 0 N–H and O–H groups in total. The quantitative estimate of drug-likeness (QED) is 0.545. The van der Waals surface area contributed by atoms with Crippen LogP contribution in [0, 0.1) is 41.4 Å². The van der Waals surface area contributed by atoms with E-state index in [1.54, 1.807) is 25.7 Å². The molecule has 0 bridgehead atoms. The van der Waals surface area contributed by atoms with Gasteiger partial charge in [0.1, 0.15) is 0 Å². The highest BCUT2D eigenvalue weighted by molar-refractivity contribution is 4.96. The van der Waals surface area contributed by atoms with Crippen molar-refractivity contribution in [3.05, 3.63) is 0 Å². The van der Waals surface area contributed by atoms with Crippen molar-refractivity contribution in [3.8, 4) is 0 Å². The second kappa shape index (κ2) is 4.59. The number of fused-ring (bicyclic) bond motifs is 2. The highest BCUT2D eigenvalue weighted by Gasteiger charge is 2.47. The Morgan fingerprint density at radius 2 is 1.47 bits per heavy atom. The predicted molar refractivity (Wildman–Crippen MR) is 73.8 cm³/mol. The van der Waals surface area contributed by atoms with Crippen LogP contribution in [0.4, 0.5) is 0 Å². The third kappa shape index (κ3) is 1.96. The average molecular weight is 234 g/mol. The van der Waals surface area contributed by atoms with Crippen molar-refractivity contribution in [2.24, 2.45) is 41.4 Å². The van der Waals surface area contributed by atoms with Crippen LogP contribution in [0.3, 0.4) is 0 Å².